The molecule has 1 saturated heterocycles. The summed E-state index contributed by atoms with van der Waals surface area (Å²) in [4.78, 5) is 10.7. The van der Waals surface area contributed by atoms with Gasteiger partial charge in [-0.2, -0.15) is 0 Å². The summed E-state index contributed by atoms with van der Waals surface area (Å²) in [6.07, 6.45) is 5.42. The van der Waals surface area contributed by atoms with Crippen molar-refractivity contribution in [2.45, 2.75) is 12.8 Å². The van der Waals surface area contributed by atoms with Gasteiger partial charge in [0.25, 0.3) is 0 Å². The lowest BCUT2D eigenvalue weighted by Crippen LogP contribution is -2.13. The van der Waals surface area contributed by atoms with Crippen LogP contribution in [-0.4, -0.2) is 26.3 Å². The van der Waals surface area contributed by atoms with Crippen LogP contribution in [-0.2, 0) is 14.3 Å². The van der Waals surface area contributed by atoms with Crippen molar-refractivity contribution in [2.75, 3.05) is 20.3 Å². The maximum Gasteiger partial charge on any atom is 0.330 e. The molecule has 0 aromatic heterocycles. The van der Waals surface area contributed by atoms with E-state index in [4.69, 9.17) is 4.74 Å². The highest BCUT2D eigenvalue weighted by Crippen LogP contribution is 2.15. The summed E-state index contributed by atoms with van der Waals surface area (Å²) < 4.78 is 9.67. The lowest BCUT2D eigenvalue weighted by molar-refractivity contribution is -0.134. The van der Waals surface area contributed by atoms with Gasteiger partial charge in [0.1, 0.15) is 0 Å². The third-order valence-corrected chi connectivity index (χ3v) is 1.97. The number of hydrogen-bond acceptors (Lipinski definition) is 3. The SMILES string of the molecule is COC(=O)/C=C/C1CCOCC1. The topological polar surface area (TPSA) is 35.5 Å². The number of esters is 1. The summed E-state index contributed by atoms with van der Waals surface area (Å²) in [6.45, 7) is 1.60. The Morgan fingerprint density at radius 2 is 2.17 bits per heavy atom. The highest BCUT2D eigenvalue weighted by molar-refractivity contribution is 5.81. The molecular weight excluding hydrogens is 156 g/mol. The second kappa shape index (κ2) is 4.93. The van der Waals surface area contributed by atoms with Gasteiger partial charge in [-0.25, -0.2) is 4.79 Å². The van der Waals surface area contributed by atoms with E-state index in [2.05, 4.69) is 4.74 Å². The predicted octanol–water partition coefficient (Wildman–Crippen LogP) is 1.14. The second-order valence-electron chi connectivity index (χ2n) is 2.83. The van der Waals surface area contributed by atoms with E-state index in [9.17, 15) is 4.79 Å². The first-order valence-corrected chi connectivity index (χ1v) is 4.17. The molecule has 0 atom stereocenters. The van der Waals surface area contributed by atoms with Crippen LogP contribution in [0.3, 0.4) is 0 Å². The Labute approximate surface area is 72.4 Å². The molecule has 0 spiro atoms. The van der Waals surface area contributed by atoms with E-state index < -0.39 is 0 Å². The summed E-state index contributed by atoms with van der Waals surface area (Å²) in [5, 5.41) is 0. The maximum atomic E-state index is 10.7. The summed E-state index contributed by atoms with van der Waals surface area (Å²) in [6, 6.07) is 0. The minimum Gasteiger partial charge on any atom is -0.466 e. The van der Waals surface area contributed by atoms with Crippen LogP contribution >= 0.6 is 0 Å². The smallest absolute Gasteiger partial charge is 0.330 e. The second-order valence-corrected chi connectivity index (χ2v) is 2.83. The monoisotopic (exact) mass is 170 g/mol. The molecule has 0 aromatic rings. The Morgan fingerprint density at radius 3 is 2.75 bits per heavy atom. The lowest BCUT2D eigenvalue weighted by atomic mass is 10.00. The average Bonchev–Trinajstić information content (AvgIpc) is 2.16. The molecule has 0 saturated carbocycles. The zero-order valence-corrected chi connectivity index (χ0v) is 7.29. The van der Waals surface area contributed by atoms with Crippen molar-refractivity contribution < 1.29 is 14.3 Å². The fraction of sp³-hybridized carbons (Fsp3) is 0.667. The molecule has 3 nitrogen and oxygen atoms in total. The van der Waals surface area contributed by atoms with Gasteiger partial charge >= 0.3 is 5.97 Å². The zero-order valence-electron chi connectivity index (χ0n) is 7.29. The quantitative estimate of drug-likeness (QED) is 0.460. The minimum absolute atomic E-state index is 0.276. The van der Waals surface area contributed by atoms with Gasteiger partial charge in [-0.15, -0.1) is 0 Å². The molecule has 0 aliphatic carbocycles. The third-order valence-electron chi connectivity index (χ3n) is 1.97. The van der Waals surface area contributed by atoms with Crippen LogP contribution < -0.4 is 0 Å². The van der Waals surface area contributed by atoms with Gasteiger partial charge in [-0.1, -0.05) is 6.08 Å². The molecule has 0 N–H and O–H groups in total. The van der Waals surface area contributed by atoms with Crippen LogP contribution in [0.2, 0.25) is 0 Å². The molecule has 0 unspecified atom stereocenters. The van der Waals surface area contributed by atoms with Crippen LogP contribution in [0.1, 0.15) is 12.8 Å². The van der Waals surface area contributed by atoms with E-state index in [0.717, 1.165) is 26.1 Å². The van der Waals surface area contributed by atoms with Gasteiger partial charge in [-0.05, 0) is 18.8 Å². The molecule has 0 radical (unpaired) electrons. The van der Waals surface area contributed by atoms with Crippen LogP contribution in [0.5, 0.6) is 0 Å². The highest BCUT2D eigenvalue weighted by atomic mass is 16.5. The Balaban J connectivity index is 2.28. The third kappa shape index (κ3) is 3.05. The fourth-order valence-corrected chi connectivity index (χ4v) is 1.19. The van der Waals surface area contributed by atoms with Crippen molar-refractivity contribution in [3.05, 3.63) is 12.2 Å². The van der Waals surface area contributed by atoms with E-state index in [1.165, 1.54) is 13.2 Å². The molecular formula is C9H14O3. The van der Waals surface area contributed by atoms with E-state index >= 15 is 0 Å². The molecule has 1 aliphatic rings. The van der Waals surface area contributed by atoms with Gasteiger partial charge in [0.2, 0.25) is 0 Å². The van der Waals surface area contributed by atoms with Crippen LogP contribution in [0.4, 0.5) is 0 Å². The van der Waals surface area contributed by atoms with Crippen molar-refractivity contribution in [3.8, 4) is 0 Å². The average molecular weight is 170 g/mol. The number of carbonyl (C=O) groups is 1. The molecule has 1 rings (SSSR count). The summed E-state index contributed by atoms with van der Waals surface area (Å²) in [5.74, 6) is 0.208. The first-order chi connectivity index (χ1) is 5.83. The van der Waals surface area contributed by atoms with E-state index in [1.807, 2.05) is 6.08 Å². The summed E-state index contributed by atoms with van der Waals surface area (Å²) in [7, 11) is 1.39. The van der Waals surface area contributed by atoms with Crippen molar-refractivity contribution >= 4 is 5.97 Å². The summed E-state index contributed by atoms with van der Waals surface area (Å²) in [5.41, 5.74) is 0. The van der Waals surface area contributed by atoms with Crippen molar-refractivity contribution in [3.63, 3.8) is 0 Å². The Kier molecular flexibility index (Phi) is 3.80. The Hall–Kier alpha value is -0.830. The standard InChI is InChI=1S/C9H14O3/c1-11-9(10)3-2-8-4-6-12-7-5-8/h2-3,8H,4-7H2,1H3/b3-2+. The number of hydrogen-bond donors (Lipinski definition) is 0. The molecule has 0 aromatic carbocycles. The van der Waals surface area contributed by atoms with Crippen LogP contribution in [0.25, 0.3) is 0 Å². The van der Waals surface area contributed by atoms with Gasteiger partial charge < -0.3 is 9.47 Å². The van der Waals surface area contributed by atoms with Crippen molar-refractivity contribution in [1.29, 1.82) is 0 Å². The Morgan fingerprint density at radius 1 is 1.50 bits per heavy atom. The largest absolute Gasteiger partial charge is 0.466 e. The van der Waals surface area contributed by atoms with Gasteiger partial charge in [0, 0.05) is 19.3 Å². The van der Waals surface area contributed by atoms with Crippen LogP contribution in [0.15, 0.2) is 12.2 Å². The minimum atomic E-state index is -0.276. The molecule has 68 valence electrons. The van der Waals surface area contributed by atoms with Gasteiger partial charge in [-0.3, -0.25) is 0 Å². The van der Waals surface area contributed by atoms with E-state index in [0.29, 0.717) is 5.92 Å². The first kappa shape index (κ1) is 9.26. The van der Waals surface area contributed by atoms with Gasteiger partial charge in [0.15, 0.2) is 0 Å². The van der Waals surface area contributed by atoms with Crippen LogP contribution in [0, 0.1) is 5.92 Å². The van der Waals surface area contributed by atoms with E-state index in [-0.39, 0.29) is 5.97 Å². The molecule has 0 bridgehead atoms. The lowest BCUT2D eigenvalue weighted by Gasteiger charge is -2.18. The molecule has 0 amide bonds. The number of ether oxygens (including phenoxy) is 2. The zero-order chi connectivity index (χ0) is 8.81. The maximum absolute atomic E-state index is 10.7. The number of rotatable bonds is 2. The number of carbonyl (C=O) groups excluding carboxylic acids is 1. The normalized spacial score (nSPS) is 19.8. The molecule has 3 heteroatoms. The summed E-state index contributed by atoms with van der Waals surface area (Å²) >= 11 is 0. The molecule has 12 heavy (non-hydrogen) atoms. The van der Waals surface area contributed by atoms with Crippen molar-refractivity contribution in [2.24, 2.45) is 5.92 Å². The van der Waals surface area contributed by atoms with Gasteiger partial charge in [0.05, 0.1) is 7.11 Å². The molecule has 1 aliphatic heterocycles. The Bertz CT molecular complexity index is 169. The van der Waals surface area contributed by atoms with Crippen molar-refractivity contribution in [1.82, 2.24) is 0 Å². The van der Waals surface area contributed by atoms with E-state index in [1.54, 1.807) is 0 Å². The highest BCUT2D eigenvalue weighted by Gasteiger charge is 2.10. The fourth-order valence-electron chi connectivity index (χ4n) is 1.19. The predicted molar refractivity (Wildman–Crippen MR) is 44.7 cm³/mol. The number of methoxy groups -OCH3 is 1. The first-order valence-electron chi connectivity index (χ1n) is 4.17. The number of allylic oxidation sites excluding steroid dienone is 1. The molecule has 1 fully saturated rings. The molecule has 1 heterocycles.